The Morgan fingerprint density at radius 1 is 0.967 bits per heavy atom. The smallest absolute Gasteiger partial charge is 0.255 e. The van der Waals surface area contributed by atoms with Crippen LogP contribution >= 0.6 is 0 Å². The van der Waals surface area contributed by atoms with Crippen LogP contribution in [-0.2, 0) is 21.4 Å². The molecule has 30 heavy (non-hydrogen) atoms. The van der Waals surface area contributed by atoms with E-state index >= 15 is 0 Å². The molecule has 0 aliphatic heterocycles. The molecule has 0 saturated carbocycles. The van der Waals surface area contributed by atoms with E-state index < -0.39 is 15.9 Å². The third-order valence-electron chi connectivity index (χ3n) is 4.35. The first kappa shape index (κ1) is 21.4. The summed E-state index contributed by atoms with van der Waals surface area (Å²) in [7, 11) is -3.86. The lowest BCUT2D eigenvalue weighted by atomic mass is 10.2. The molecule has 6 nitrogen and oxygen atoms in total. The van der Waals surface area contributed by atoms with Crippen LogP contribution in [0.5, 0.6) is 0 Å². The lowest BCUT2D eigenvalue weighted by Crippen LogP contribution is -2.39. The Morgan fingerprint density at radius 3 is 2.30 bits per heavy atom. The summed E-state index contributed by atoms with van der Waals surface area (Å²) >= 11 is 0. The maximum atomic E-state index is 13.1. The zero-order valence-electron chi connectivity index (χ0n) is 16.6. The minimum absolute atomic E-state index is 0.0765. The van der Waals surface area contributed by atoms with Gasteiger partial charge in [-0.2, -0.15) is 9.41 Å². The van der Waals surface area contributed by atoms with Crippen LogP contribution < -0.4 is 5.43 Å². The molecule has 0 heterocycles. The molecule has 0 aliphatic rings. The number of aryl methyl sites for hydroxylation is 1. The number of nitrogens with zero attached hydrogens (tertiary/aromatic N) is 2. The van der Waals surface area contributed by atoms with Gasteiger partial charge >= 0.3 is 0 Å². The summed E-state index contributed by atoms with van der Waals surface area (Å²) in [5.74, 6) is -0.519. The molecule has 0 bridgehead atoms. The fourth-order valence-electron chi connectivity index (χ4n) is 2.88. The van der Waals surface area contributed by atoms with Crippen molar-refractivity contribution in [2.24, 2.45) is 5.10 Å². The Morgan fingerprint density at radius 2 is 1.63 bits per heavy atom. The maximum absolute atomic E-state index is 13.1. The Kier molecular flexibility index (Phi) is 7.11. The van der Waals surface area contributed by atoms with Crippen LogP contribution in [0, 0.1) is 6.92 Å². The summed E-state index contributed by atoms with van der Waals surface area (Å²) in [4.78, 5) is 12.6. The topological polar surface area (TPSA) is 78.8 Å². The third kappa shape index (κ3) is 5.85. The van der Waals surface area contributed by atoms with E-state index in [-0.39, 0.29) is 18.0 Å². The van der Waals surface area contributed by atoms with E-state index in [0.29, 0.717) is 0 Å². The predicted molar refractivity (Wildman–Crippen MR) is 117 cm³/mol. The Bertz CT molecular complexity index is 1110. The van der Waals surface area contributed by atoms with E-state index in [9.17, 15) is 13.2 Å². The predicted octanol–water partition coefficient (Wildman–Crippen LogP) is 3.34. The van der Waals surface area contributed by atoms with Gasteiger partial charge in [-0.3, -0.25) is 4.79 Å². The average Bonchev–Trinajstić information content (AvgIpc) is 2.75. The quantitative estimate of drug-likeness (QED) is 0.448. The molecule has 154 valence electrons. The van der Waals surface area contributed by atoms with E-state index in [0.717, 1.165) is 21.0 Å². The normalized spacial score (nSPS) is 11.7. The lowest BCUT2D eigenvalue weighted by Gasteiger charge is -2.21. The molecule has 3 aromatic carbocycles. The van der Waals surface area contributed by atoms with E-state index in [4.69, 9.17) is 0 Å². The molecule has 0 unspecified atom stereocenters. The van der Waals surface area contributed by atoms with Gasteiger partial charge in [0.05, 0.1) is 17.7 Å². The summed E-state index contributed by atoms with van der Waals surface area (Å²) < 4.78 is 27.4. The fourth-order valence-corrected chi connectivity index (χ4v) is 4.28. The second-order valence-corrected chi connectivity index (χ2v) is 8.72. The Balaban J connectivity index is 1.75. The molecule has 0 radical (unpaired) electrons. The van der Waals surface area contributed by atoms with Crippen LogP contribution in [0.3, 0.4) is 0 Å². The molecule has 0 spiro atoms. The van der Waals surface area contributed by atoms with Crippen molar-refractivity contribution >= 4 is 22.1 Å². The van der Waals surface area contributed by atoms with Gasteiger partial charge in [-0.25, -0.2) is 13.8 Å². The molecular weight excluding hydrogens is 398 g/mol. The van der Waals surface area contributed by atoms with Gasteiger partial charge in [-0.15, -0.1) is 0 Å². The zero-order valence-corrected chi connectivity index (χ0v) is 17.4. The molecule has 0 aliphatic carbocycles. The average molecular weight is 422 g/mol. The van der Waals surface area contributed by atoms with E-state index in [1.165, 1.54) is 18.3 Å². The first-order valence-corrected chi connectivity index (χ1v) is 10.9. The SMILES string of the molecule is Cc1cccc(C=NNC(=O)CN(Cc2ccccc2)S(=O)(=O)c2ccccc2)c1. The number of amides is 1. The number of rotatable bonds is 8. The number of hydrazone groups is 1. The van der Waals surface area contributed by atoms with Crippen LogP contribution in [-0.4, -0.2) is 31.4 Å². The molecule has 0 fully saturated rings. The molecule has 0 aromatic heterocycles. The van der Waals surface area contributed by atoms with E-state index in [1.807, 2.05) is 61.5 Å². The highest BCUT2D eigenvalue weighted by Crippen LogP contribution is 2.18. The fraction of sp³-hybridized carbons (Fsp3) is 0.130. The van der Waals surface area contributed by atoms with E-state index in [1.54, 1.807) is 18.2 Å². The molecule has 3 rings (SSSR count). The monoisotopic (exact) mass is 421 g/mol. The Labute approximate surface area is 176 Å². The van der Waals surface area contributed by atoms with Crippen LogP contribution in [0.1, 0.15) is 16.7 Å². The summed E-state index contributed by atoms with van der Waals surface area (Å²) in [5, 5.41) is 3.95. The number of nitrogens with one attached hydrogen (secondary N) is 1. The minimum atomic E-state index is -3.86. The van der Waals surface area contributed by atoms with Gasteiger partial charge in [0.25, 0.3) is 5.91 Å². The summed E-state index contributed by atoms with van der Waals surface area (Å²) in [6, 6.07) is 24.9. The first-order valence-electron chi connectivity index (χ1n) is 9.43. The Hall–Kier alpha value is -3.29. The van der Waals surface area contributed by atoms with Crippen molar-refractivity contribution in [3.63, 3.8) is 0 Å². The van der Waals surface area contributed by atoms with Crippen molar-refractivity contribution in [3.05, 3.63) is 102 Å². The molecule has 1 amide bonds. The highest BCUT2D eigenvalue weighted by Gasteiger charge is 2.26. The number of hydrogen-bond acceptors (Lipinski definition) is 4. The van der Waals surface area contributed by atoms with Gasteiger partial charge in [0, 0.05) is 6.54 Å². The second kappa shape index (κ2) is 9.96. The van der Waals surface area contributed by atoms with Crippen molar-refractivity contribution in [3.8, 4) is 0 Å². The largest absolute Gasteiger partial charge is 0.272 e. The summed E-state index contributed by atoms with van der Waals surface area (Å²) in [6.07, 6.45) is 1.53. The maximum Gasteiger partial charge on any atom is 0.255 e. The molecular formula is C23H23N3O3S. The van der Waals surface area contributed by atoms with Gasteiger partial charge in [0.2, 0.25) is 10.0 Å². The van der Waals surface area contributed by atoms with Crippen LogP contribution in [0.15, 0.2) is 94.9 Å². The van der Waals surface area contributed by atoms with Crippen molar-refractivity contribution < 1.29 is 13.2 Å². The standard InChI is InChI=1S/C23H23N3O3S/c1-19-9-8-12-21(15-19)16-24-25-23(27)18-26(17-20-10-4-2-5-11-20)30(28,29)22-13-6-3-7-14-22/h2-16H,17-18H2,1H3,(H,25,27). The van der Waals surface area contributed by atoms with Gasteiger partial charge in [0.1, 0.15) is 0 Å². The number of benzene rings is 3. The summed E-state index contributed by atoms with van der Waals surface area (Å²) in [6.45, 7) is 1.69. The van der Waals surface area contributed by atoms with Gasteiger partial charge in [-0.1, -0.05) is 78.4 Å². The number of hydrogen-bond donors (Lipinski definition) is 1. The zero-order chi connectivity index (χ0) is 21.4. The molecule has 0 saturated heterocycles. The van der Waals surface area contributed by atoms with Gasteiger partial charge in [-0.05, 0) is 30.2 Å². The van der Waals surface area contributed by atoms with Crippen LogP contribution in [0.25, 0.3) is 0 Å². The number of carbonyl (C=O) groups excluding carboxylic acids is 1. The van der Waals surface area contributed by atoms with Crippen molar-refractivity contribution in [1.82, 2.24) is 9.73 Å². The number of sulfonamides is 1. The van der Waals surface area contributed by atoms with Crippen molar-refractivity contribution in [2.75, 3.05) is 6.54 Å². The van der Waals surface area contributed by atoms with Crippen molar-refractivity contribution in [1.29, 1.82) is 0 Å². The van der Waals surface area contributed by atoms with Gasteiger partial charge < -0.3 is 0 Å². The van der Waals surface area contributed by atoms with Gasteiger partial charge in [0.15, 0.2) is 0 Å². The third-order valence-corrected chi connectivity index (χ3v) is 6.15. The lowest BCUT2D eigenvalue weighted by molar-refractivity contribution is -0.121. The molecule has 7 heteroatoms. The van der Waals surface area contributed by atoms with Crippen LogP contribution in [0.4, 0.5) is 0 Å². The number of carbonyl (C=O) groups is 1. The summed E-state index contributed by atoms with van der Waals surface area (Å²) in [5.41, 5.74) is 5.12. The molecule has 1 N–H and O–H groups in total. The minimum Gasteiger partial charge on any atom is -0.272 e. The second-order valence-electron chi connectivity index (χ2n) is 6.78. The van der Waals surface area contributed by atoms with Crippen molar-refractivity contribution in [2.45, 2.75) is 18.4 Å². The highest BCUT2D eigenvalue weighted by atomic mass is 32.2. The molecule has 3 aromatic rings. The first-order chi connectivity index (χ1) is 14.4. The van der Waals surface area contributed by atoms with Crippen LogP contribution in [0.2, 0.25) is 0 Å². The highest BCUT2D eigenvalue weighted by molar-refractivity contribution is 7.89. The van der Waals surface area contributed by atoms with E-state index in [2.05, 4.69) is 10.5 Å². The molecule has 0 atom stereocenters.